The van der Waals surface area contributed by atoms with Gasteiger partial charge in [0, 0.05) is 12.4 Å². The molecule has 0 aromatic carbocycles. The standard InChI is InChI=1S/C10H13NO3/c1-2-9(10(12)13)14-7-8-3-5-11-6-4-8/h3-6,9H,2,7H2,1H3,(H,12,13). The Morgan fingerprint density at radius 1 is 1.57 bits per heavy atom. The summed E-state index contributed by atoms with van der Waals surface area (Å²) in [7, 11) is 0. The molecule has 1 rings (SSSR count). The predicted octanol–water partition coefficient (Wildman–Crippen LogP) is 1.46. The molecular formula is C10H13NO3. The number of ether oxygens (including phenoxy) is 1. The third kappa shape index (κ3) is 3.14. The summed E-state index contributed by atoms with van der Waals surface area (Å²) in [4.78, 5) is 14.5. The molecule has 0 spiro atoms. The van der Waals surface area contributed by atoms with Gasteiger partial charge in [0.1, 0.15) is 0 Å². The zero-order valence-corrected chi connectivity index (χ0v) is 8.01. The normalized spacial score (nSPS) is 12.4. The highest BCUT2D eigenvalue weighted by molar-refractivity contribution is 5.72. The minimum Gasteiger partial charge on any atom is -0.479 e. The van der Waals surface area contributed by atoms with Gasteiger partial charge in [-0.05, 0) is 24.1 Å². The Morgan fingerprint density at radius 2 is 2.21 bits per heavy atom. The molecule has 1 atom stereocenters. The Labute approximate surface area is 82.5 Å². The van der Waals surface area contributed by atoms with E-state index in [0.717, 1.165) is 5.56 Å². The van der Waals surface area contributed by atoms with Crippen LogP contribution in [0, 0.1) is 0 Å². The molecule has 0 aliphatic heterocycles. The summed E-state index contributed by atoms with van der Waals surface area (Å²) in [6.07, 6.45) is 3.06. The van der Waals surface area contributed by atoms with Crippen molar-refractivity contribution in [1.29, 1.82) is 0 Å². The van der Waals surface area contributed by atoms with Gasteiger partial charge in [0.15, 0.2) is 6.10 Å². The van der Waals surface area contributed by atoms with Crippen molar-refractivity contribution >= 4 is 5.97 Å². The molecule has 0 saturated carbocycles. The van der Waals surface area contributed by atoms with Crippen molar-refractivity contribution in [2.75, 3.05) is 0 Å². The van der Waals surface area contributed by atoms with Gasteiger partial charge in [0.2, 0.25) is 0 Å². The fourth-order valence-electron chi connectivity index (χ4n) is 1.04. The highest BCUT2D eigenvalue weighted by Gasteiger charge is 2.14. The first-order valence-electron chi connectivity index (χ1n) is 4.47. The third-order valence-electron chi connectivity index (χ3n) is 1.85. The lowest BCUT2D eigenvalue weighted by molar-refractivity contribution is -0.151. The van der Waals surface area contributed by atoms with E-state index in [1.54, 1.807) is 31.5 Å². The molecule has 1 heterocycles. The third-order valence-corrected chi connectivity index (χ3v) is 1.85. The first-order valence-corrected chi connectivity index (χ1v) is 4.47. The van der Waals surface area contributed by atoms with Gasteiger partial charge >= 0.3 is 5.97 Å². The SMILES string of the molecule is CCC(OCc1ccncc1)C(=O)O. The number of carboxylic acids is 1. The Hall–Kier alpha value is -1.42. The van der Waals surface area contributed by atoms with Crippen LogP contribution in [0.2, 0.25) is 0 Å². The number of hydrogen-bond acceptors (Lipinski definition) is 3. The van der Waals surface area contributed by atoms with Gasteiger partial charge in [0.25, 0.3) is 0 Å². The van der Waals surface area contributed by atoms with E-state index in [1.807, 2.05) is 0 Å². The Bertz CT molecular complexity index is 287. The van der Waals surface area contributed by atoms with E-state index >= 15 is 0 Å². The van der Waals surface area contributed by atoms with Crippen LogP contribution in [0.3, 0.4) is 0 Å². The average Bonchev–Trinajstić information content (AvgIpc) is 2.20. The van der Waals surface area contributed by atoms with Crippen LogP contribution < -0.4 is 0 Å². The van der Waals surface area contributed by atoms with E-state index < -0.39 is 12.1 Å². The Balaban J connectivity index is 2.44. The van der Waals surface area contributed by atoms with E-state index in [9.17, 15) is 4.79 Å². The highest BCUT2D eigenvalue weighted by atomic mass is 16.5. The van der Waals surface area contributed by atoms with Crippen molar-refractivity contribution in [2.24, 2.45) is 0 Å². The molecule has 0 saturated heterocycles. The zero-order valence-electron chi connectivity index (χ0n) is 8.01. The maximum atomic E-state index is 10.6. The van der Waals surface area contributed by atoms with Gasteiger partial charge in [0.05, 0.1) is 6.61 Å². The first kappa shape index (κ1) is 10.7. The zero-order chi connectivity index (χ0) is 10.4. The fraction of sp³-hybridized carbons (Fsp3) is 0.400. The maximum Gasteiger partial charge on any atom is 0.332 e. The monoisotopic (exact) mass is 195 g/mol. The molecule has 4 heteroatoms. The second-order valence-corrected chi connectivity index (χ2v) is 2.90. The summed E-state index contributed by atoms with van der Waals surface area (Å²) < 4.78 is 5.21. The summed E-state index contributed by atoms with van der Waals surface area (Å²) >= 11 is 0. The first-order chi connectivity index (χ1) is 6.74. The molecular weight excluding hydrogens is 182 g/mol. The van der Waals surface area contributed by atoms with Crippen molar-refractivity contribution in [3.8, 4) is 0 Å². The molecule has 0 amide bonds. The number of carbonyl (C=O) groups is 1. The number of aliphatic carboxylic acids is 1. The number of aromatic nitrogens is 1. The van der Waals surface area contributed by atoms with Crippen LogP contribution in [-0.4, -0.2) is 22.2 Å². The topological polar surface area (TPSA) is 59.4 Å². The lowest BCUT2D eigenvalue weighted by Gasteiger charge is -2.10. The number of hydrogen-bond donors (Lipinski definition) is 1. The minimum absolute atomic E-state index is 0.313. The van der Waals surface area contributed by atoms with Crippen LogP contribution in [0.4, 0.5) is 0 Å². The van der Waals surface area contributed by atoms with E-state index in [0.29, 0.717) is 13.0 Å². The predicted molar refractivity (Wildman–Crippen MR) is 50.7 cm³/mol. The van der Waals surface area contributed by atoms with Gasteiger partial charge in [-0.1, -0.05) is 6.92 Å². The average molecular weight is 195 g/mol. The molecule has 1 unspecified atom stereocenters. The quantitative estimate of drug-likeness (QED) is 0.772. The lowest BCUT2D eigenvalue weighted by atomic mass is 10.2. The maximum absolute atomic E-state index is 10.6. The molecule has 1 N–H and O–H groups in total. The van der Waals surface area contributed by atoms with E-state index in [1.165, 1.54) is 0 Å². The largest absolute Gasteiger partial charge is 0.479 e. The van der Waals surface area contributed by atoms with Gasteiger partial charge < -0.3 is 9.84 Å². The Morgan fingerprint density at radius 3 is 2.71 bits per heavy atom. The van der Waals surface area contributed by atoms with Gasteiger partial charge in [-0.3, -0.25) is 4.98 Å². The van der Waals surface area contributed by atoms with Crippen molar-refractivity contribution in [3.05, 3.63) is 30.1 Å². The number of nitrogens with zero attached hydrogens (tertiary/aromatic N) is 1. The van der Waals surface area contributed by atoms with Gasteiger partial charge in [-0.25, -0.2) is 4.79 Å². The van der Waals surface area contributed by atoms with Crippen LogP contribution in [-0.2, 0) is 16.1 Å². The summed E-state index contributed by atoms with van der Waals surface area (Å²) in [6, 6.07) is 3.60. The smallest absolute Gasteiger partial charge is 0.332 e. The summed E-state index contributed by atoms with van der Waals surface area (Å²) in [5.41, 5.74) is 0.930. The van der Waals surface area contributed by atoms with E-state index in [2.05, 4.69) is 4.98 Å². The number of carboxylic acid groups (broad SMARTS) is 1. The second kappa shape index (κ2) is 5.34. The highest BCUT2D eigenvalue weighted by Crippen LogP contribution is 2.04. The number of pyridine rings is 1. The van der Waals surface area contributed by atoms with Crippen molar-refractivity contribution in [3.63, 3.8) is 0 Å². The van der Waals surface area contributed by atoms with E-state index in [-0.39, 0.29) is 0 Å². The summed E-state index contributed by atoms with van der Waals surface area (Å²) in [5, 5.41) is 8.71. The molecule has 0 aliphatic rings. The van der Waals surface area contributed by atoms with Crippen molar-refractivity contribution in [1.82, 2.24) is 4.98 Å². The molecule has 0 radical (unpaired) electrons. The van der Waals surface area contributed by atoms with Crippen LogP contribution in [0.5, 0.6) is 0 Å². The molecule has 14 heavy (non-hydrogen) atoms. The van der Waals surface area contributed by atoms with Crippen molar-refractivity contribution < 1.29 is 14.6 Å². The van der Waals surface area contributed by atoms with Crippen LogP contribution >= 0.6 is 0 Å². The van der Waals surface area contributed by atoms with Crippen LogP contribution in [0.15, 0.2) is 24.5 Å². The number of rotatable bonds is 5. The van der Waals surface area contributed by atoms with Gasteiger partial charge in [-0.2, -0.15) is 0 Å². The van der Waals surface area contributed by atoms with Crippen LogP contribution in [0.1, 0.15) is 18.9 Å². The molecule has 4 nitrogen and oxygen atoms in total. The lowest BCUT2D eigenvalue weighted by Crippen LogP contribution is -2.22. The molecule has 0 fully saturated rings. The second-order valence-electron chi connectivity index (χ2n) is 2.90. The molecule has 0 aliphatic carbocycles. The van der Waals surface area contributed by atoms with Crippen molar-refractivity contribution in [2.45, 2.75) is 26.1 Å². The van der Waals surface area contributed by atoms with Crippen LogP contribution in [0.25, 0.3) is 0 Å². The summed E-state index contributed by atoms with van der Waals surface area (Å²) in [6.45, 7) is 2.10. The molecule has 0 bridgehead atoms. The van der Waals surface area contributed by atoms with E-state index in [4.69, 9.17) is 9.84 Å². The molecule has 1 aromatic rings. The Kier molecular flexibility index (Phi) is 4.07. The molecule has 1 aromatic heterocycles. The summed E-state index contributed by atoms with van der Waals surface area (Å²) in [5.74, 6) is -0.915. The van der Waals surface area contributed by atoms with Gasteiger partial charge in [-0.15, -0.1) is 0 Å². The minimum atomic E-state index is -0.915. The fourth-order valence-corrected chi connectivity index (χ4v) is 1.04. The molecule has 76 valence electrons.